The van der Waals surface area contributed by atoms with E-state index in [0.29, 0.717) is 6.54 Å². The first-order chi connectivity index (χ1) is 12.7. The van der Waals surface area contributed by atoms with Gasteiger partial charge in [-0.3, -0.25) is 4.79 Å². The summed E-state index contributed by atoms with van der Waals surface area (Å²) in [6.45, 7) is 0.640. The highest BCUT2D eigenvalue weighted by atomic mass is 16.3. The molecule has 4 aromatic rings. The van der Waals surface area contributed by atoms with Gasteiger partial charge in [-0.05, 0) is 18.2 Å². The van der Waals surface area contributed by atoms with E-state index in [1.807, 2.05) is 80.0 Å². The van der Waals surface area contributed by atoms with Crippen LogP contribution in [-0.2, 0) is 6.54 Å². The van der Waals surface area contributed by atoms with E-state index < -0.39 is 0 Å². The van der Waals surface area contributed by atoms with Crippen molar-refractivity contribution in [2.45, 2.75) is 12.6 Å². The number of carbonyl (C=O) groups is 1. The van der Waals surface area contributed by atoms with Crippen molar-refractivity contribution < 1.29 is 14.1 Å². The van der Waals surface area contributed by atoms with Crippen LogP contribution >= 0.6 is 0 Å². The Hall–Kier alpha value is -3.11. The van der Waals surface area contributed by atoms with Gasteiger partial charge < -0.3 is 14.3 Å². The van der Waals surface area contributed by atoms with Crippen LogP contribution in [0.5, 0.6) is 0 Å². The number of para-hydroxylation sites is 1. The molecule has 130 valence electrons. The molecule has 2 N–H and O–H groups in total. The lowest BCUT2D eigenvalue weighted by molar-refractivity contribution is -0.916. The van der Waals surface area contributed by atoms with Crippen LogP contribution in [0, 0.1) is 0 Å². The molecule has 0 bridgehead atoms. The maximum Gasteiger partial charge on any atom is 0.226 e. The molecule has 2 heterocycles. The van der Waals surface area contributed by atoms with E-state index in [4.69, 9.17) is 4.42 Å². The highest BCUT2D eigenvalue weighted by molar-refractivity contribution is 6.10. The number of furan rings is 1. The molecule has 0 radical (unpaired) electrons. The molecule has 0 saturated heterocycles. The minimum Gasteiger partial charge on any atom is -0.463 e. The monoisotopic (exact) mass is 345 g/mol. The molecule has 0 amide bonds. The Kier molecular flexibility index (Phi) is 4.42. The number of fused-ring (bicyclic) bond motifs is 1. The summed E-state index contributed by atoms with van der Waals surface area (Å²) in [7, 11) is 2.03. The van der Waals surface area contributed by atoms with E-state index in [1.54, 1.807) is 6.26 Å². The molecule has 0 aliphatic rings. The van der Waals surface area contributed by atoms with E-state index in [0.717, 1.165) is 32.7 Å². The first kappa shape index (κ1) is 16.4. The third kappa shape index (κ3) is 3.07. The molecule has 4 heteroatoms. The first-order valence-electron chi connectivity index (χ1n) is 8.74. The van der Waals surface area contributed by atoms with Crippen molar-refractivity contribution in [1.82, 2.24) is 4.98 Å². The summed E-state index contributed by atoms with van der Waals surface area (Å²) in [6.07, 6.45) is 3.49. The second kappa shape index (κ2) is 7.02. The number of aromatic nitrogens is 1. The summed E-state index contributed by atoms with van der Waals surface area (Å²) in [5.41, 5.74) is 2.71. The van der Waals surface area contributed by atoms with E-state index in [-0.39, 0.29) is 11.8 Å². The van der Waals surface area contributed by atoms with Crippen molar-refractivity contribution in [3.63, 3.8) is 0 Å². The molecule has 0 aliphatic heterocycles. The predicted molar refractivity (Wildman–Crippen MR) is 101 cm³/mol. The number of rotatable bonds is 6. The number of quaternary nitrogens is 1. The Balaban J connectivity index is 1.73. The molecule has 2 atom stereocenters. The summed E-state index contributed by atoms with van der Waals surface area (Å²) in [5.74, 6) is 0.980. The molecule has 4 rings (SSSR count). The van der Waals surface area contributed by atoms with Crippen molar-refractivity contribution in [3.8, 4) is 0 Å². The molecule has 0 aliphatic carbocycles. The number of hydrogen-bond donors (Lipinski definition) is 2. The summed E-state index contributed by atoms with van der Waals surface area (Å²) >= 11 is 0. The lowest BCUT2D eigenvalue weighted by atomic mass is 9.96. The van der Waals surface area contributed by atoms with Crippen LogP contribution in [0.3, 0.4) is 0 Å². The fourth-order valence-corrected chi connectivity index (χ4v) is 3.53. The van der Waals surface area contributed by atoms with E-state index >= 15 is 0 Å². The predicted octanol–water partition coefficient (Wildman–Crippen LogP) is 3.40. The summed E-state index contributed by atoms with van der Waals surface area (Å²) < 4.78 is 5.49. The van der Waals surface area contributed by atoms with E-state index in [9.17, 15) is 4.79 Å². The van der Waals surface area contributed by atoms with Gasteiger partial charge in [0, 0.05) is 28.2 Å². The van der Waals surface area contributed by atoms with Crippen molar-refractivity contribution in [3.05, 3.63) is 96.1 Å². The zero-order valence-electron chi connectivity index (χ0n) is 14.6. The zero-order chi connectivity index (χ0) is 17.9. The van der Waals surface area contributed by atoms with Crippen LogP contribution < -0.4 is 4.90 Å². The van der Waals surface area contributed by atoms with Crippen LogP contribution in [0.25, 0.3) is 10.9 Å². The minimum absolute atomic E-state index is 0.109. The largest absolute Gasteiger partial charge is 0.463 e. The Bertz CT molecular complexity index is 1000. The fourth-order valence-electron chi connectivity index (χ4n) is 3.53. The van der Waals surface area contributed by atoms with Crippen LogP contribution in [0.2, 0.25) is 0 Å². The molecule has 0 spiro atoms. The highest BCUT2D eigenvalue weighted by Crippen LogP contribution is 2.23. The topological polar surface area (TPSA) is 50.4 Å². The SMILES string of the molecule is C[NH+](Cc1ccco1)[C@H](C(=O)c1c[nH]c2ccccc12)c1ccccc1. The number of aromatic amines is 1. The number of ketones is 1. The van der Waals surface area contributed by atoms with Crippen LogP contribution in [-0.4, -0.2) is 17.8 Å². The number of H-pyrrole nitrogens is 1. The molecular formula is C22H21N2O2+. The van der Waals surface area contributed by atoms with E-state index in [1.165, 1.54) is 0 Å². The van der Waals surface area contributed by atoms with Crippen LogP contribution in [0.15, 0.2) is 83.6 Å². The average molecular weight is 345 g/mol. The van der Waals surface area contributed by atoms with Crippen molar-refractivity contribution in [1.29, 1.82) is 0 Å². The molecule has 0 fully saturated rings. The molecule has 26 heavy (non-hydrogen) atoms. The van der Waals surface area contributed by atoms with Crippen molar-refractivity contribution in [2.24, 2.45) is 0 Å². The van der Waals surface area contributed by atoms with Gasteiger partial charge in [0.1, 0.15) is 6.54 Å². The Morgan fingerprint density at radius 1 is 1.04 bits per heavy atom. The Morgan fingerprint density at radius 2 is 1.81 bits per heavy atom. The van der Waals surface area contributed by atoms with Crippen LogP contribution in [0.1, 0.15) is 27.7 Å². The van der Waals surface area contributed by atoms with Crippen molar-refractivity contribution in [2.75, 3.05) is 7.05 Å². The summed E-state index contributed by atoms with van der Waals surface area (Å²) in [6, 6.07) is 21.4. The fraction of sp³-hybridized carbons (Fsp3) is 0.136. The van der Waals surface area contributed by atoms with Crippen molar-refractivity contribution >= 4 is 16.7 Å². The molecule has 2 aromatic carbocycles. The standard InChI is InChI=1S/C22H20N2O2/c1-24(15-17-10-7-13-26-17)21(16-8-3-2-4-9-16)22(25)19-14-23-20-12-6-5-11-18(19)20/h2-14,21,23H,15H2,1H3/p+1/t21-/m0/s1. The smallest absolute Gasteiger partial charge is 0.226 e. The maximum atomic E-state index is 13.5. The van der Waals surface area contributed by atoms with Gasteiger partial charge >= 0.3 is 0 Å². The average Bonchev–Trinajstić information content (AvgIpc) is 3.32. The lowest BCUT2D eigenvalue weighted by Crippen LogP contribution is -3.09. The summed E-state index contributed by atoms with van der Waals surface area (Å²) in [4.78, 5) is 17.8. The number of nitrogens with one attached hydrogen (secondary N) is 2. The van der Waals surface area contributed by atoms with E-state index in [2.05, 4.69) is 4.98 Å². The Labute approximate surface area is 152 Å². The number of carbonyl (C=O) groups excluding carboxylic acids is 1. The second-order valence-electron chi connectivity index (χ2n) is 6.56. The normalized spacial score (nSPS) is 13.6. The quantitative estimate of drug-likeness (QED) is 0.526. The van der Waals surface area contributed by atoms with Gasteiger partial charge in [0.25, 0.3) is 0 Å². The number of benzene rings is 2. The number of hydrogen-bond acceptors (Lipinski definition) is 2. The minimum atomic E-state index is -0.305. The number of Topliss-reactive ketones (excluding diaryl/α,β-unsaturated/α-hetero) is 1. The maximum absolute atomic E-state index is 13.5. The first-order valence-corrected chi connectivity index (χ1v) is 8.74. The van der Waals surface area contributed by atoms with Gasteiger partial charge in [-0.1, -0.05) is 48.5 Å². The van der Waals surface area contributed by atoms with Crippen LogP contribution in [0.4, 0.5) is 0 Å². The Morgan fingerprint density at radius 3 is 2.58 bits per heavy atom. The third-order valence-electron chi connectivity index (χ3n) is 4.78. The van der Waals surface area contributed by atoms with Gasteiger partial charge in [0.2, 0.25) is 5.78 Å². The highest BCUT2D eigenvalue weighted by Gasteiger charge is 2.31. The summed E-state index contributed by atoms with van der Waals surface area (Å²) in [5, 5.41) is 0.962. The van der Waals surface area contributed by atoms with Gasteiger partial charge in [0.05, 0.1) is 13.3 Å². The molecule has 4 nitrogen and oxygen atoms in total. The zero-order valence-corrected chi connectivity index (χ0v) is 14.6. The molecular weight excluding hydrogens is 324 g/mol. The van der Waals surface area contributed by atoms with Gasteiger partial charge in [0.15, 0.2) is 11.8 Å². The van der Waals surface area contributed by atoms with Gasteiger partial charge in [-0.25, -0.2) is 0 Å². The molecule has 1 unspecified atom stereocenters. The number of likely N-dealkylation sites (N-methyl/N-ethyl adjacent to an activating group) is 1. The third-order valence-corrected chi connectivity index (χ3v) is 4.78. The second-order valence-corrected chi connectivity index (χ2v) is 6.56. The lowest BCUT2D eigenvalue weighted by Gasteiger charge is -2.23. The van der Waals surface area contributed by atoms with Gasteiger partial charge in [-0.15, -0.1) is 0 Å². The van der Waals surface area contributed by atoms with Gasteiger partial charge in [-0.2, -0.15) is 0 Å². The molecule has 2 aromatic heterocycles. The molecule has 0 saturated carbocycles.